The number of pyridine rings is 2. The zero-order chi connectivity index (χ0) is 15.6. The summed E-state index contributed by atoms with van der Waals surface area (Å²) >= 11 is 0. The van der Waals surface area contributed by atoms with Gasteiger partial charge < -0.3 is 9.47 Å². The Hall–Kier alpha value is -2.22. The lowest BCUT2D eigenvalue weighted by molar-refractivity contribution is 0.0521. The number of fused-ring (bicyclic) bond motifs is 1. The second-order valence-corrected chi connectivity index (χ2v) is 6.16. The number of nitrogens with zero attached hydrogens (tertiary/aromatic N) is 2. The quantitative estimate of drug-likeness (QED) is 0.783. The van der Waals surface area contributed by atoms with E-state index in [0.29, 0.717) is 0 Å². The number of hydrogen-bond acceptors (Lipinski definition) is 7. The molecule has 8 heteroatoms. The van der Waals surface area contributed by atoms with Crippen LogP contribution in [0, 0.1) is 0 Å². The highest BCUT2D eigenvalue weighted by Gasteiger charge is 2.25. The van der Waals surface area contributed by atoms with Crippen molar-refractivity contribution < 1.29 is 22.7 Å². The highest BCUT2D eigenvalue weighted by molar-refractivity contribution is 7.91. The average molecular weight is 310 g/mol. The van der Waals surface area contributed by atoms with Crippen LogP contribution in [0.2, 0.25) is 0 Å². The van der Waals surface area contributed by atoms with Crippen LogP contribution in [-0.4, -0.2) is 44.3 Å². The molecule has 0 radical (unpaired) electrons. The van der Waals surface area contributed by atoms with Gasteiger partial charge >= 0.3 is 5.97 Å². The summed E-state index contributed by atoms with van der Waals surface area (Å²) in [5.74, 6) is -0.545. The highest BCUT2D eigenvalue weighted by atomic mass is 32.2. The molecule has 0 bridgehead atoms. The Morgan fingerprint density at radius 3 is 2.62 bits per heavy atom. The van der Waals surface area contributed by atoms with Crippen LogP contribution in [0.15, 0.2) is 23.4 Å². The number of aromatic nitrogens is 2. The number of methoxy groups -OCH3 is 1. The Morgan fingerprint density at radius 2 is 2.05 bits per heavy atom. The Balaban J connectivity index is 2.87. The van der Waals surface area contributed by atoms with E-state index in [2.05, 4.69) is 9.97 Å². The lowest BCUT2D eigenvalue weighted by Crippen LogP contribution is -2.13. The standard InChI is InChI=1S/C13H14N2O5S/c1-4-20-13(16)9-7-15-10-8(11(9)21(3,17)18)5-6-14-12(10)19-2/h5-7H,4H2,1-3H3. The number of sulfone groups is 1. The van der Waals surface area contributed by atoms with Crippen LogP contribution in [-0.2, 0) is 14.6 Å². The molecule has 112 valence electrons. The zero-order valence-corrected chi connectivity index (χ0v) is 12.6. The van der Waals surface area contributed by atoms with Gasteiger partial charge in [-0.1, -0.05) is 0 Å². The third-order valence-corrected chi connectivity index (χ3v) is 3.94. The van der Waals surface area contributed by atoms with Crippen molar-refractivity contribution in [3.63, 3.8) is 0 Å². The van der Waals surface area contributed by atoms with E-state index < -0.39 is 15.8 Å². The molecule has 2 heterocycles. The zero-order valence-electron chi connectivity index (χ0n) is 11.8. The van der Waals surface area contributed by atoms with Crippen LogP contribution in [0.1, 0.15) is 17.3 Å². The molecule has 7 nitrogen and oxygen atoms in total. The fourth-order valence-corrected chi connectivity index (χ4v) is 3.08. The fraction of sp³-hybridized carbons (Fsp3) is 0.308. The van der Waals surface area contributed by atoms with E-state index in [9.17, 15) is 13.2 Å². The summed E-state index contributed by atoms with van der Waals surface area (Å²) in [6, 6.07) is 1.48. The van der Waals surface area contributed by atoms with Crippen LogP contribution in [0.25, 0.3) is 10.9 Å². The van der Waals surface area contributed by atoms with Gasteiger partial charge in [0, 0.05) is 24.0 Å². The van der Waals surface area contributed by atoms with E-state index in [1.807, 2.05) is 0 Å². The number of ether oxygens (including phenoxy) is 2. The summed E-state index contributed by atoms with van der Waals surface area (Å²) < 4.78 is 34.1. The van der Waals surface area contributed by atoms with E-state index >= 15 is 0 Å². The summed E-state index contributed by atoms with van der Waals surface area (Å²) in [5, 5.41) is 0.273. The molecule has 0 spiro atoms. The Bertz CT molecular complexity index is 802. The first kappa shape index (κ1) is 15.2. The number of esters is 1. The minimum atomic E-state index is -3.67. The van der Waals surface area contributed by atoms with Gasteiger partial charge in [-0.2, -0.15) is 0 Å². The van der Waals surface area contributed by atoms with Gasteiger partial charge in [0.25, 0.3) is 0 Å². The summed E-state index contributed by atoms with van der Waals surface area (Å²) in [4.78, 5) is 19.8. The van der Waals surface area contributed by atoms with Gasteiger partial charge in [-0.15, -0.1) is 0 Å². The molecule has 2 aromatic heterocycles. The minimum Gasteiger partial charge on any atom is -0.479 e. The Kier molecular flexibility index (Phi) is 4.08. The minimum absolute atomic E-state index is 0.0971. The van der Waals surface area contributed by atoms with Crippen molar-refractivity contribution in [2.75, 3.05) is 20.0 Å². The van der Waals surface area contributed by atoms with Gasteiger partial charge in [0.1, 0.15) is 5.52 Å². The van der Waals surface area contributed by atoms with Crippen LogP contribution >= 0.6 is 0 Å². The van der Waals surface area contributed by atoms with E-state index in [0.717, 1.165) is 6.26 Å². The van der Waals surface area contributed by atoms with Crippen LogP contribution in [0.4, 0.5) is 0 Å². The first-order valence-electron chi connectivity index (χ1n) is 6.09. The summed E-state index contributed by atoms with van der Waals surface area (Å²) in [6.07, 6.45) is 3.59. The van der Waals surface area contributed by atoms with Gasteiger partial charge in [0.2, 0.25) is 5.88 Å². The molecule has 2 aromatic rings. The van der Waals surface area contributed by atoms with Crippen molar-refractivity contribution in [3.05, 3.63) is 24.0 Å². The maximum Gasteiger partial charge on any atom is 0.341 e. The third kappa shape index (κ3) is 2.80. The molecule has 0 fully saturated rings. The number of carbonyl (C=O) groups excluding carboxylic acids is 1. The summed E-state index contributed by atoms with van der Waals surface area (Å²) in [7, 11) is -2.27. The third-order valence-electron chi connectivity index (χ3n) is 2.76. The van der Waals surface area contributed by atoms with E-state index in [4.69, 9.17) is 9.47 Å². The predicted molar refractivity (Wildman–Crippen MR) is 75.2 cm³/mol. The van der Waals surface area contributed by atoms with Crippen molar-refractivity contribution in [2.24, 2.45) is 0 Å². The second kappa shape index (κ2) is 5.65. The molecule has 0 amide bonds. The largest absolute Gasteiger partial charge is 0.479 e. The lowest BCUT2D eigenvalue weighted by atomic mass is 10.2. The van der Waals surface area contributed by atoms with Crippen LogP contribution in [0.3, 0.4) is 0 Å². The summed E-state index contributed by atoms with van der Waals surface area (Å²) in [5.41, 5.74) is 0.175. The fourth-order valence-electron chi connectivity index (χ4n) is 1.98. The maximum absolute atomic E-state index is 12.1. The summed E-state index contributed by atoms with van der Waals surface area (Å²) in [6.45, 7) is 1.78. The van der Waals surface area contributed by atoms with Crippen LogP contribution < -0.4 is 4.74 Å². The van der Waals surface area contributed by atoms with E-state index in [1.165, 1.54) is 25.6 Å². The molecule has 21 heavy (non-hydrogen) atoms. The van der Waals surface area contributed by atoms with Gasteiger partial charge in [0.05, 0.1) is 24.2 Å². The first-order chi connectivity index (χ1) is 9.90. The molecule has 2 rings (SSSR count). The predicted octanol–water partition coefficient (Wildman–Crippen LogP) is 1.22. The smallest absolute Gasteiger partial charge is 0.341 e. The topological polar surface area (TPSA) is 95.4 Å². The van der Waals surface area contributed by atoms with Crippen molar-refractivity contribution in [2.45, 2.75) is 11.8 Å². The molecule has 0 unspecified atom stereocenters. The molecule has 0 aliphatic heterocycles. The molecular formula is C13H14N2O5S. The van der Waals surface area contributed by atoms with E-state index in [1.54, 1.807) is 6.92 Å². The van der Waals surface area contributed by atoms with Gasteiger partial charge in [-0.3, -0.25) is 0 Å². The molecular weight excluding hydrogens is 296 g/mol. The van der Waals surface area contributed by atoms with E-state index in [-0.39, 0.29) is 33.8 Å². The Labute approximate surface area is 121 Å². The maximum atomic E-state index is 12.1. The molecule has 0 saturated heterocycles. The van der Waals surface area contributed by atoms with Crippen molar-refractivity contribution in [1.29, 1.82) is 0 Å². The first-order valence-corrected chi connectivity index (χ1v) is 7.98. The van der Waals surface area contributed by atoms with Crippen LogP contribution in [0.5, 0.6) is 5.88 Å². The second-order valence-electron chi connectivity index (χ2n) is 4.21. The number of carbonyl (C=O) groups is 1. The van der Waals surface area contributed by atoms with Crippen molar-refractivity contribution >= 4 is 26.7 Å². The molecule has 0 atom stereocenters. The average Bonchev–Trinajstić information content (AvgIpc) is 2.44. The Morgan fingerprint density at radius 1 is 1.33 bits per heavy atom. The highest BCUT2D eigenvalue weighted by Crippen LogP contribution is 2.29. The van der Waals surface area contributed by atoms with Crippen molar-refractivity contribution in [1.82, 2.24) is 9.97 Å². The normalized spacial score (nSPS) is 11.4. The molecule has 0 aliphatic carbocycles. The molecule has 0 N–H and O–H groups in total. The number of rotatable bonds is 4. The lowest BCUT2D eigenvalue weighted by Gasteiger charge is -2.11. The SMILES string of the molecule is CCOC(=O)c1cnc2c(OC)nccc2c1S(C)(=O)=O. The number of hydrogen-bond donors (Lipinski definition) is 0. The molecule has 0 saturated carbocycles. The molecule has 0 aliphatic rings. The van der Waals surface area contributed by atoms with Gasteiger partial charge in [0.15, 0.2) is 9.84 Å². The van der Waals surface area contributed by atoms with Crippen molar-refractivity contribution in [3.8, 4) is 5.88 Å². The van der Waals surface area contributed by atoms with Gasteiger partial charge in [-0.25, -0.2) is 23.2 Å². The van der Waals surface area contributed by atoms with Gasteiger partial charge in [-0.05, 0) is 13.0 Å². The molecule has 0 aromatic carbocycles. The monoisotopic (exact) mass is 310 g/mol.